The fourth-order valence-electron chi connectivity index (χ4n) is 3.84. The van der Waals surface area contributed by atoms with Crippen LogP contribution in [0.3, 0.4) is 0 Å². The number of carbonyl (C=O) groups is 1. The summed E-state index contributed by atoms with van der Waals surface area (Å²) in [5, 5.41) is 12.9. The molecule has 2 aromatic carbocycles. The molecule has 2 N–H and O–H groups in total. The SMILES string of the molecule is O=C(O)CC12NC(Cl)(Cc3ccccc31)c1ccccc12. The predicted octanol–water partition coefficient (Wildman–Crippen LogP) is 2.96. The molecule has 2 heterocycles. The number of hydrogen-bond donors (Lipinski definition) is 2. The molecule has 0 radical (unpaired) electrons. The molecule has 2 bridgehead atoms. The molecule has 3 nitrogen and oxygen atoms in total. The number of carboxylic acids is 1. The average Bonchev–Trinajstić information content (AvgIpc) is 2.65. The van der Waals surface area contributed by atoms with E-state index in [1.54, 1.807) is 0 Å². The van der Waals surface area contributed by atoms with E-state index < -0.39 is 16.5 Å². The Morgan fingerprint density at radius 2 is 1.71 bits per heavy atom. The maximum atomic E-state index is 11.5. The molecule has 0 spiro atoms. The van der Waals surface area contributed by atoms with E-state index in [0.717, 1.165) is 22.3 Å². The van der Waals surface area contributed by atoms with Gasteiger partial charge in [-0.3, -0.25) is 10.1 Å². The Morgan fingerprint density at radius 1 is 1.10 bits per heavy atom. The Bertz CT molecular complexity index is 760. The van der Waals surface area contributed by atoms with Crippen LogP contribution in [-0.4, -0.2) is 11.1 Å². The van der Waals surface area contributed by atoms with E-state index in [2.05, 4.69) is 5.32 Å². The van der Waals surface area contributed by atoms with Crippen molar-refractivity contribution >= 4 is 17.6 Å². The second-order valence-corrected chi connectivity index (χ2v) is 6.43. The van der Waals surface area contributed by atoms with Crippen LogP contribution in [0.5, 0.6) is 0 Å². The second kappa shape index (κ2) is 4.09. The van der Waals surface area contributed by atoms with Crippen molar-refractivity contribution in [2.24, 2.45) is 0 Å². The minimum Gasteiger partial charge on any atom is -0.481 e. The molecule has 4 heteroatoms. The lowest BCUT2D eigenvalue weighted by Gasteiger charge is -2.39. The molecule has 4 rings (SSSR count). The highest BCUT2D eigenvalue weighted by molar-refractivity contribution is 6.24. The third kappa shape index (κ3) is 1.62. The number of rotatable bonds is 2. The first-order valence-electron chi connectivity index (χ1n) is 6.94. The largest absolute Gasteiger partial charge is 0.481 e. The number of benzene rings is 2. The molecule has 2 aliphatic heterocycles. The van der Waals surface area contributed by atoms with E-state index in [1.807, 2.05) is 48.5 Å². The second-order valence-electron chi connectivity index (χ2n) is 5.78. The van der Waals surface area contributed by atoms with Gasteiger partial charge in [0.1, 0.15) is 5.00 Å². The minimum atomic E-state index is -0.838. The van der Waals surface area contributed by atoms with Crippen molar-refractivity contribution in [2.75, 3.05) is 0 Å². The smallest absolute Gasteiger partial charge is 0.305 e. The monoisotopic (exact) mass is 299 g/mol. The van der Waals surface area contributed by atoms with Crippen LogP contribution in [0.2, 0.25) is 0 Å². The summed E-state index contributed by atoms with van der Waals surface area (Å²) < 4.78 is 0. The van der Waals surface area contributed by atoms with Crippen LogP contribution in [0.15, 0.2) is 48.5 Å². The van der Waals surface area contributed by atoms with Crippen LogP contribution in [0.4, 0.5) is 0 Å². The summed E-state index contributed by atoms with van der Waals surface area (Å²) >= 11 is 6.83. The van der Waals surface area contributed by atoms with Crippen molar-refractivity contribution in [3.05, 3.63) is 70.8 Å². The first-order valence-corrected chi connectivity index (χ1v) is 7.31. The van der Waals surface area contributed by atoms with Gasteiger partial charge in [-0.1, -0.05) is 60.1 Å². The summed E-state index contributed by atoms with van der Waals surface area (Å²) in [7, 11) is 0. The number of carboxylic acid groups (broad SMARTS) is 1. The number of aliphatic carboxylic acids is 1. The van der Waals surface area contributed by atoms with Gasteiger partial charge in [-0.05, 0) is 22.3 Å². The van der Waals surface area contributed by atoms with E-state index in [1.165, 1.54) is 0 Å². The lowest BCUT2D eigenvalue weighted by Crippen LogP contribution is -2.51. The third-order valence-corrected chi connectivity index (χ3v) is 4.98. The molecule has 0 amide bonds. The molecule has 2 unspecified atom stereocenters. The van der Waals surface area contributed by atoms with Crippen LogP contribution in [-0.2, 0) is 21.8 Å². The highest BCUT2D eigenvalue weighted by Gasteiger charge is 2.56. The zero-order chi connectivity index (χ0) is 14.7. The van der Waals surface area contributed by atoms with Gasteiger partial charge in [0.15, 0.2) is 0 Å². The maximum Gasteiger partial charge on any atom is 0.305 e. The van der Waals surface area contributed by atoms with E-state index in [9.17, 15) is 9.90 Å². The van der Waals surface area contributed by atoms with Gasteiger partial charge < -0.3 is 5.11 Å². The molecule has 2 atom stereocenters. The highest BCUT2D eigenvalue weighted by atomic mass is 35.5. The Kier molecular flexibility index (Phi) is 2.51. The van der Waals surface area contributed by atoms with Crippen molar-refractivity contribution in [3.8, 4) is 0 Å². The molecule has 106 valence electrons. The van der Waals surface area contributed by atoms with Gasteiger partial charge in [-0.15, -0.1) is 0 Å². The number of nitrogens with one attached hydrogen (secondary N) is 1. The van der Waals surface area contributed by atoms with E-state index in [0.29, 0.717) is 6.42 Å². The van der Waals surface area contributed by atoms with Crippen LogP contribution < -0.4 is 5.32 Å². The normalized spacial score (nSPS) is 28.8. The Morgan fingerprint density at radius 3 is 2.43 bits per heavy atom. The zero-order valence-electron chi connectivity index (χ0n) is 11.3. The Hall–Kier alpha value is -1.84. The van der Waals surface area contributed by atoms with Crippen LogP contribution in [0.25, 0.3) is 0 Å². The van der Waals surface area contributed by atoms with Gasteiger partial charge in [-0.2, -0.15) is 0 Å². The van der Waals surface area contributed by atoms with Crippen molar-refractivity contribution in [1.29, 1.82) is 0 Å². The standard InChI is InChI=1S/C17H14ClNO2/c18-17-9-11-5-1-2-6-12(11)16(19-17,10-15(20)21)13-7-3-4-8-14(13)17/h1-8,19H,9-10H2,(H,20,21). The summed E-state index contributed by atoms with van der Waals surface area (Å²) in [6, 6.07) is 15.8. The van der Waals surface area contributed by atoms with Gasteiger partial charge in [0, 0.05) is 6.42 Å². The molecule has 2 aliphatic rings. The fraction of sp³-hybridized carbons (Fsp3) is 0.235. The lowest BCUT2D eigenvalue weighted by atomic mass is 9.78. The molecular weight excluding hydrogens is 286 g/mol. The molecule has 0 aromatic heterocycles. The Labute approximate surface area is 127 Å². The third-order valence-electron chi connectivity index (χ3n) is 4.55. The van der Waals surface area contributed by atoms with Crippen LogP contribution in [0.1, 0.15) is 28.7 Å². The molecule has 0 saturated heterocycles. The van der Waals surface area contributed by atoms with Crippen molar-refractivity contribution in [3.63, 3.8) is 0 Å². The molecule has 0 fully saturated rings. The zero-order valence-corrected chi connectivity index (χ0v) is 12.0. The lowest BCUT2D eigenvalue weighted by molar-refractivity contribution is -0.138. The summed E-state index contributed by atoms with van der Waals surface area (Å²) in [5.74, 6) is -0.838. The molecular formula is C17H14ClNO2. The maximum absolute atomic E-state index is 11.5. The average molecular weight is 300 g/mol. The first-order chi connectivity index (χ1) is 10.1. The van der Waals surface area contributed by atoms with Crippen molar-refractivity contribution in [2.45, 2.75) is 23.4 Å². The predicted molar refractivity (Wildman–Crippen MR) is 80.3 cm³/mol. The number of fused-ring (bicyclic) bond motifs is 7. The molecule has 0 saturated carbocycles. The summed E-state index contributed by atoms with van der Waals surface area (Å²) in [6.07, 6.45) is 0.638. The van der Waals surface area contributed by atoms with E-state index >= 15 is 0 Å². The number of hydrogen-bond acceptors (Lipinski definition) is 2. The fourth-order valence-corrected chi connectivity index (χ4v) is 4.31. The van der Waals surface area contributed by atoms with Crippen LogP contribution >= 0.6 is 11.6 Å². The van der Waals surface area contributed by atoms with Gasteiger partial charge in [0.2, 0.25) is 0 Å². The Balaban J connectivity index is 2.06. The number of halogens is 1. The van der Waals surface area contributed by atoms with Crippen LogP contribution in [0, 0.1) is 0 Å². The molecule has 0 aliphatic carbocycles. The van der Waals surface area contributed by atoms with Gasteiger partial charge in [0.25, 0.3) is 0 Å². The summed E-state index contributed by atoms with van der Waals surface area (Å²) in [5.41, 5.74) is 3.37. The van der Waals surface area contributed by atoms with Crippen molar-refractivity contribution in [1.82, 2.24) is 5.32 Å². The summed E-state index contributed by atoms with van der Waals surface area (Å²) in [6.45, 7) is 0. The quantitative estimate of drug-likeness (QED) is 0.662. The number of alkyl halides is 1. The topological polar surface area (TPSA) is 49.3 Å². The van der Waals surface area contributed by atoms with Crippen molar-refractivity contribution < 1.29 is 9.90 Å². The van der Waals surface area contributed by atoms with E-state index in [4.69, 9.17) is 11.6 Å². The summed E-state index contributed by atoms with van der Waals surface area (Å²) in [4.78, 5) is 10.8. The molecule has 21 heavy (non-hydrogen) atoms. The van der Waals surface area contributed by atoms with Gasteiger partial charge >= 0.3 is 5.97 Å². The van der Waals surface area contributed by atoms with E-state index in [-0.39, 0.29) is 6.42 Å². The highest BCUT2D eigenvalue weighted by Crippen LogP contribution is 2.54. The molecule has 2 aromatic rings. The first kappa shape index (κ1) is 12.9. The van der Waals surface area contributed by atoms with Gasteiger partial charge in [0.05, 0.1) is 12.0 Å². The van der Waals surface area contributed by atoms with Gasteiger partial charge in [-0.25, -0.2) is 0 Å². The minimum absolute atomic E-state index is 0.0184.